The molecular formula is C18H15N3O6S. The molecule has 9 nitrogen and oxygen atoms in total. The number of carbonyl (C=O) groups excluding carboxylic acids is 1. The third-order valence-electron chi connectivity index (χ3n) is 4.22. The minimum atomic E-state index is -4.00. The smallest absolute Gasteiger partial charge is 0.261 e. The van der Waals surface area contributed by atoms with Crippen LogP contribution in [0.15, 0.2) is 52.3 Å². The molecule has 0 saturated carbocycles. The summed E-state index contributed by atoms with van der Waals surface area (Å²) in [4.78, 5) is 26.4. The highest BCUT2D eigenvalue weighted by Gasteiger charge is 2.19. The molecule has 0 spiro atoms. The second kappa shape index (κ2) is 6.57. The van der Waals surface area contributed by atoms with Gasteiger partial charge in [-0.2, -0.15) is 0 Å². The number of amides is 1. The molecule has 144 valence electrons. The molecule has 28 heavy (non-hydrogen) atoms. The van der Waals surface area contributed by atoms with Gasteiger partial charge in [-0.3, -0.25) is 14.3 Å². The van der Waals surface area contributed by atoms with E-state index in [4.69, 9.17) is 15.2 Å². The normalized spacial score (nSPS) is 13.3. The molecule has 1 aliphatic rings. The number of ether oxygens (including phenoxy) is 2. The predicted molar refractivity (Wildman–Crippen MR) is 101 cm³/mol. The van der Waals surface area contributed by atoms with Crippen LogP contribution in [-0.2, 0) is 10.0 Å². The highest BCUT2D eigenvalue weighted by molar-refractivity contribution is 7.92. The summed E-state index contributed by atoms with van der Waals surface area (Å²) in [5.41, 5.74) is 4.95. The van der Waals surface area contributed by atoms with E-state index in [1.165, 1.54) is 30.5 Å². The summed E-state index contributed by atoms with van der Waals surface area (Å²) in [5, 5.41) is 0.0429. The van der Waals surface area contributed by atoms with Gasteiger partial charge in [0.15, 0.2) is 11.5 Å². The van der Waals surface area contributed by atoms with E-state index in [0.29, 0.717) is 30.2 Å². The Morgan fingerprint density at radius 2 is 1.82 bits per heavy atom. The summed E-state index contributed by atoms with van der Waals surface area (Å²) in [6.07, 6.45) is 1.20. The van der Waals surface area contributed by atoms with Crippen molar-refractivity contribution in [2.24, 2.45) is 5.73 Å². The highest BCUT2D eigenvalue weighted by Crippen LogP contribution is 2.33. The van der Waals surface area contributed by atoms with Gasteiger partial charge in [-0.05, 0) is 30.3 Å². The Hall–Kier alpha value is -3.53. The van der Waals surface area contributed by atoms with Crippen molar-refractivity contribution in [3.05, 3.63) is 58.4 Å². The molecule has 0 atom stereocenters. The molecule has 10 heteroatoms. The molecule has 4 N–H and O–H groups in total. The van der Waals surface area contributed by atoms with Gasteiger partial charge < -0.3 is 20.2 Å². The van der Waals surface area contributed by atoms with Crippen molar-refractivity contribution < 1.29 is 22.7 Å². The third kappa shape index (κ3) is 3.14. The number of primary amides is 1. The molecule has 3 aromatic rings. The number of carbonyl (C=O) groups is 1. The number of anilines is 1. The number of nitrogens with two attached hydrogens (primary N) is 1. The zero-order valence-corrected chi connectivity index (χ0v) is 15.2. The van der Waals surface area contributed by atoms with Crippen LogP contribution in [0.5, 0.6) is 11.5 Å². The van der Waals surface area contributed by atoms with Crippen LogP contribution in [-0.4, -0.2) is 32.5 Å². The van der Waals surface area contributed by atoms with E-state index in [1.807, 2.05) is 0 Å². The number of nitrogens with one attached hydrogen (secondary N) is 2. The Balaban J connectivity index is 1.73. The Labute approximate surface area is 159 Å². The average molecular weight is 401 g/mol. The van der Waals surface area contributed by atoms with Crippen LogP contribution in [0.1, 0.15) is 10.4 Å². The van der Waals surface area contributed by atoms with Crippen LogP contribution in [0.25, 0.3) is 10.9 Å². The topological polar surface area (TPSA) is 141 Å². The van der Waals surface area contributed by atoms with Gasteiger partial charge in [0, 0.05) is 23.2 Å². The summed E-state index contributed by atoms with van der Waals surface area (Å²) < 4.78 is 38.8. The number of fused-ring (bicyclic) bond motifs is 2. The van der Waals surface area contributed by atoms with Crippen molar-refractivity contribution in [3.8, 4) is 11.5 Å². The number of rotatable bonds is 4. The molecule has 0 radical (unpaired) electrons. The van der Waals surface area contributed by atoms with Gasteiger partial charge in [-0.1, -0.05) is 0 Å². The van der Waals surface area contributed by atoms with Crippen molar-refractivity contribution in [2.45, 2.75) is 4.90 Å². The van der Waals surface area contributed by atoms with E-state index < -0.39 is 21.4 Å². The number of pyridine rings is 1. The van der Waals surface area contributed by atoms with Gasteiger partial charge in [0.05, 0.1) is 10.6 Å². The third-order valence-corrected chi connectivity index (χ3v) is 5.60. The first-order chi connectivity index (χ1) is 13.3. The molecule has 2 heterocycles. The molecular weight excluding hydrogens is 386 g/mol. The van der Waals surface area contributed by atoms with Gasteiger partial charge in [0.25, 0.3) is 15.9 Å². The van der Waals surface area contributed by atoms with E-state index in [2.05, 4.69) is 9.71 Å². The summed E-state index contributed by atoms with van der Waals surface area (Å²) in [6.45, 7) is 0.801. The fraction of sp³-hybridized carbons (Fsp3) is 0.111. The van der Waals surface area contributed by atoms with E-state index in [1.54, 1.807) is 12.1 Å². The Morgan fingerprint density at radius 1 is 1.07 bits per heavy atom. The lowest BCUT2D eigenvalue weighted by Crippen LogP contribution is -2.22. The number of aromatic nitrogens is 1. The van der Waals surface area contributed by atoms with Gasteiger partial charge in [0.2, 0.25) is 5.43 Å². The van der Waals surface area contributed by atoms with Crippen LogP contribution in [0.4, 0.5) is 5.69 Å². The van der Waals surface area contributed by atoms with E-state index >= 15 is 0 Å². The number of H-pyrrole nitrogens is 1. The number of benzene rings is 2. The quantitative estimate of drug-likeness (QED) is 0.600. The summed E-state index contributed by atoms with van der Waals surface area (Å²) in [5.74, 6) is 0.0729. The standard InChI is InChI=1S/C18H15N3O6S/c19-18(23)13-9-20-14-3-2-11(8-12(14)17(13)22)28(24,25)21-10-1-4-15-16(7-10)27-6-5-26-15/h1-4,7-9,21H,5-6H2,(H2,19,23)(H,20,22). The first-order valence-electron chi connectivity index (χ1n) is 8.23. The molecule has 1 aliphatic heterocycles. The number of sulfonamides is 1. The van der Waals surface area contributed by atoms with Gasteiger partial charge >= 0.3 is 0 Å². The summed E-state index contributed by atoms with van der Waals surface area (Å²) >= 11 is 0. The number of hydrogen-bond donors (Lipinski definition) is 3. The Bertz CT molecular complexity index is 1270. The lowest BCUT2D eigenvalue weighted by Gasteiger charge is -2.19. The average Bonchev–Trinajstić information content (AvgIpc) is 2.67. The number of hydrogen-bond acceptors (Lipinski definition) is 6. The molecule has 2 aromatic carbocycles. The van der Waals surface area contributed by atoms with Gasteiger partial charge in [0.1, 0.15) is 18.8 Å². The van der Waals surface area contributed by atoms with Crippen molar-refractivity contribution in [3.63, 3.8) is 0 Å². The largest absolute Gasteiger partial charge is 0.486 e. The maximum atomic E-state index is 12.8. The fourth-order valence-electron chi connectivity index (χ4n) is 2.87. The summed E-state index contributed by atoms with van der Waals surface area (Å²) in [7, 11) is -4.00. The lowest BCUT2D eigenvalue weighted by atomic mass is 10.1. The second-order valence-electron chi connectivity index (χ2n) is 6.07. The molecule has 0 saturated heterocycles. The van der Waals surface area contributed by atoms with Crippen LogP contribution < -0.4 is 25.4 Å². The van der Waals surface area contributed by atoms with Crippen LogP contribution >= 0.6 is 0 Å². The van der Waals surface area contributed by atoms with Crippen molar-refractivity contribution in [1.82, 2.24) is 4.98 Å². The zero-order valence-electron chi connectivity index (χ0n) is 14.4. The highest BCUT2D eigenvalue weighted by atomic mass is 32.2. The first kappa shape index (κ1) is 17.9. The maximum absolute atomic E-state index is 12.8. The van der Waals surface area contributed by atoms with E-state index in [-0.39, 0.29) is 21.5 Å². The first-order valence-corrected chi connectivity index (χ1v) is 9.71. The SMILES string of the molecule is NC(=O)c1c[nH]c2ccc(S(=O)(=O)Nc3ccc4c(c3)OCCO4)cc2c1=O. The maximum Gasteiger partial charge on any atom is 0.261 e. The molecule has 1 aromatic heterocycles. The van der Waals surface area contributed by atoms with E-state index in [0.717, 1.165) is 0 Å². The number of aromatic amines is 1. The molecule has 0 bridgehead atoms. The minimum absolute atomic E-state index is 0.0429. The van der Waals surface area contributed by atoms with Crippen LogP contribution in [0.3, 0.4) is 0 Å². The molecule has 0 aliphatic carbocycles. The van der Waals surface area contributed by atoms with Crippen molar-refractivity contribution in [2.75, 3.05) is 17.9 Å². The summed E-state index contributed by atoms with van der Waals surface area (Å²) in [6, 6.07) is 8.66. The zero-order chi connectivity index (χ0) is 19.9. The second-order valence-corrected chi connectivity index (χ2v) is 7.75. The molecule has 1 amide bonds. The van der Waals surface area contributed by atoms with Crippen LogP contribution in [0.2, 0.25) is 0 Å². The predicted octanol–water partition coefficient (Wildman–Crippen LogP) is 1.20. The van der Waals surface area contributed by atoms with Gasteiger partial charge in [-0.25, -0.2) is 8.42 Å². The van der Waals surface area contributed by atoms with Gasteiger partial charge in [-0.15, -0.1) is 0 Å². The van der Waals surface area contributed by atoms with Crippen LogP contribution in [0, 0.1) is 0 Å². The molecule has 0 fully saturated rings. The Kier molecular flexibility index (Phi) is 4.19. The fourth-order valence-corrected chi connectivity index (χ4v) is 3.94. The Morgan fingerprint density at radius 3 is 2.57 bits per heavy atom. The van der Waals surface area contributed by atoms with Crippen molar-refractivity contribution in [1.29, 1.82) is 0 Å². The molecule has 4 rings (SSSR count). The minimum Gasteiger partial charge on any atom is -0.486 e. The molecule has 0 unspecified atom stereocenters. The van der Waals surface area contributed by atoms with E-state index in [9.17, 15) is 18.0 Å². The lowest BCUT2D eigenvalue weighted by molar-refractivity contribution is 0.0999. The monoisotopic (exact) mass is 401 g/mol. The van der Waals surface area contributed by atoms with Crippen molar-refractivity contribution >= 4 is 32.5 Å².